The van der Waals surface area contributed by atoms with Crippen LogP contribution in [0, 0.1) is 6.92 Å². The molecule has 0 aliphatic carbocycles. The van der Waals surface area contributed by atoms with Crippen molar-refractivity contribution in [2.24, 2.45) is 0 Å². The molecule has 1 amide bonds. The SMILES string of the molecule is CC[C@H](NC(=O)CCn1cncn1)c1ncc(C)[nH]1. The first kappa shape index (κ1) is 13.3. The third-order valence-corrected chi connectivity index (χ3v) is 2.83. The molecule has 0 spiro atoms. The van der Waals surface area contributed by atoms with E-state index in [2.05, 4.69) is 25.4 Å². The van der Waals surface area contributed by atoms with Gasteiger partial charge in [-0.1, -0.05) is 6.92 Å². The Morgan fingerprint density at radius 3 is 3.00 bits per heavy atom. The van der Waals surface area contributed by atoms with Crippen molar-refractivity contribution in [3.05, 3.63) is 30.4 Å². The second kappa shape index (κ2) is 6.12. The van der Waals surface area contributed by atoms with E-state index < -0.39 is 0 Å². The summed E-state index contributed by atoms with van der Waals surface area (Å²) in [5.74, 6) is 0.783. The number of hydrogen-bond donors (Lipinski definition) is 2. The van der Waals surface area contributed by atoms with Crippen molar-refractivity contribution in [1.29, 1.82) is 0 Å². The first-order valence-corrected chi connectivity index (χ1v) is 6.32. The fraction of sp³-hybridized carbons (Fsp3) is 0.500. The lowest BCUT2D eigenvalue weighted by atomic mass is 10.2. The van der Waals surface area contributed by atoms with E-state index in [-0.39, 0.29) is 11.9 Å². The van der Waals surface area contributed by atoms with Crippen LogP contribution in [0.1, 0.15) is 37.3 Å². The number of carbonyl (C=O) groups excluding carboxylic acids is 1. The van der Waals surface area contributed by atoms with Gasteiger partial charge in [-0.15, -0.1) is 0 Å². The lowest BCUT2D eigenvalue weighted by Gasteiger charge is -2.14. The standard InChI is InChI=1S/C12H18N6O/c1-3-10(12-14-6-9(2)16-12)17-11(19)4-5-18-8-13-7-15-18/h6-8,10H,3-5H2,1-2H3,(H,14,16)(H,17,19)/t10-/m0/s1. The summed E-state index contributed by atoms with van der Waals surface area (Å²) in [5, 5.41) is 6.92. The minimum Gasteiger partial charge on any atom is -0.346 e. The number of amides is 1. The quantitative estimate of drug-likeness (QED) is 0.811. The molecule has 0 radical (unpaired) electrons. The Kier molecular flexibility index (Phi) is 4.27. The molecule has 0 aliphatic rings. The second-order valence-electron chi connectivity index (χ2n) is 4.39. The van der Waals surface area contributed by atoms with Crippen LogP contribution in [0.25, 0.3) is 0 Å². The van der Waals surface area contributed by atoms with Gasteiger partial charge in [-0.3, -0.25) is 9.48 Å². The Hall–Kier alpha value is -2.18. The highest BCUT2D eigenvalue weighted by atomic mass is 16.1. The Balaban J connectivity index is 1.86. The molecule has 2 heterocycles. The largest absolute Gasteiger partial charge is 0.346 e. The number of aryl methyl sites for hydroxylation is 2. The topological polar surface area (TPSA) is 88.5 Å². The molecular weight excluding hydrogens is 244 g/mol. The van der Waals surface area contributed by atoms with Gasteiger partial charge in [-0.05, 0) is 13.3 Å². The number of aromatic amines is 1. The maximum Gasteiger partial charge on any atom is 0.222 e. The molecule has 102 valence electrons. The third kappa shape index (κ3) is 3.64. The predicted octanol–water partition coefficient (Wildman–Crippen LogP) is 0.967. The number of aromatic nitrogens is 5. The zero-order valence-corrected chi connectivity index (χ0v) is 11.1. The Morgan fingerprint density at radius 2 is 2.42 bits per heavy atom. The molecule has 0 aliphatic heterocycles. The first-order chi connectivity index (χ1) is 9.19. The van der Waals surface area contributed by atoms with Gasteiger partial charge in [0, 0.05) is 18.3 Å². The smallest absolute Gasteiger partial charge is 0.222 e. The number of nitrogens with zero attached hydrogens (tertiary/aromatic N) is 4. The summed E-state index contributed by atoms with van der Waals surface area (Å²) >= 11 is 0. The summed E-state index contributed by atoms with van der Waals surface area (Å²) < 4.78 is 1.64. The molecule has 0 bridgehead atoms. The zero-order chi connectivity index (χ0) is 13.7. The van der Waals surface area contributed by atoms with Gasteiger partial charge >= 0.3 is 0 Å². The summed E-state index contributed by atoms with van der Waals surface area (Å²) in [6, 6.07) is -0.0723. The molecule has 19 heavy (non-hydrogen) atoms. The van der Waals surface area contributed by atoms with Crippen molar-refractivity contribution >= 4 is 5.91 Å². The van der Waals surface area contributed by atoms with Gasteiger partial charge in [0.15, 0.2) is 0 Å². The molecule has 0 fully saturated rings. The Morgan fingerprint density at radius 1 is 1.58 bits per heavy atom. The maximum atomic E-state index is 11.9. The normalized spacial score (nSPS) is 12.3. The first-order valence-electron chi connectivity index (χ1n) is 6.32. The van der Waals surface area contributed by atoms with Crippen LogP contribution in [0.5, 0.6) is 0 Å². The lowest BCUT2D eigenvalue weighted by Crippen LogP contribution is -2.29. The van der Waals surface area contributed by atoms with E-state index in [0.29, 0.717) is 13.0 Å². The lowest BCUT2D eigenvalue weighted by molar-refractivity contribution is -0.122. The van der Waals surface area contributed by atoms with E-state index in [1.54, 1.807) is 17.2 Å². The number of imidazole rings is 1. The molecule has 0 saturated carbocycles. The average Bonchev–Trinajstić information content (AvgIpc) is 3.04. The molecule has 7 heteroatoms. The van der Waals surface area contributed by atoms with Gasteiger partial charge in [0.2, 0.25) is 5.91 Å². The van der Waals surface area contributed by atoms with E-state index in [0.717, 1.165) is 17.9 Å². The van der Waals surface area contributed by atoms with Gasteiger partial charge in [-0.25, -0.2) is 9.97 Å². The summed E-state index contributed by atoms with van der Waals surface area (Å²) in [6.07, 6.45) is 5.99. The van der Waals surface area contributed by atoms with Crippen LogP contribution >= 0.6 is 0 Å². The molecule has 2 aromatic rings. The summed E-state index contributed by atoms with van der Waals surface area (Å²) in [7, 11) is 0. The molecule has 2 aromatic heterocycles. The summed E-state index contributed by atoms with van der Waals surface area (Å²) in [6.45, 7) is 4.48. The third-order valence-electron chi connectivity index (χ3n) is 2.83. The number of carbonyl (C=O) groups is 1. The van der Waals surface area contributed by atoms with Crippen LogP contribution in [0.2, 0.25) is 0 Å². The predicted molar refractivity (Wildman–Crippen MR) is 69.1 cm³/mol. The van der Waals surface area contributed by atoms with E-state index in [1.165, 1.54) is 6.33 Å². The Bertz CT molecular complexity index is 518. The van der Waals surface area contributed by atoms with Crippen LogP contribution in [0.4, 0.5) is 0 Å². The van der Waals surface area contributed by atoms with Crippen LogP contribution in [0.3, 0.4) is 0 Å². The van der Waals surface area contributed by atoms with Crippen molar-refractivity contribution in [2.45, 2.75) is 39.3 Å². The fourth-order valence-electron chi connectivity index (χ4n) is 1.80. The van der Waals surface area contributed by atoms with Crippen molar-refractivity contribution in [1.82, 2.24) is 30.0 Å². The van der Waals surface area contributed by atoms with Gasteiger partial charge < -0.3 is 10.3 Å². The zero-order valence-electron chi connectivity index (χ0n) is 11.1. The minimum atomic E-state index is -0.0723. The van der Waals surface area contributed by atoms with E-state index >= 15 is 0 Å². The van der Waals surface area contributed by atoms with Gasteiger partial charge in [0.1, 0.15) is 18.5 Å². The Labute approximate surface area is 111 Å². The van der Waals surface area contributed by atoms with Crippen molar-refractivity contribution in [2.75, 3.05) is 0 Å². The second-order valence-corrected chi connectivity index (χ2v) is 4.39. The van der Waals surface area contributed by atoms with Crippen molar-refractivity contribution in [3.63, 3.8) is 0 Å². The molecule has 1 atom stereocenters. The van der Waals surface area contributed by atoms with Gasteiger partial charge in [0.05, 0.1) is 12.6 Å². The summed E-state index contributed by atoms with van der Waals surface area (Å²) in [4.78, 5) is 23.1. The molecular formula is C12H18N6O. The summed E-state index contributed by atoms with van der Waals surface area (Å²) in [5.41, 5.74) is 0.991. The van der Waals surface area contributed by atoms with Crippen molar-refractivity contribution < 1.29 is 4.79 Å². The monoisotopic (exact) mass is 262 g/mol. The molecule has 2 rings (SSSR count). The van der Waals surface area contributed by atoms with Crippen LogP contribution in [0.15, 0.2) is 18.9 Å². The van der Waals surface area contributed by atoms with Gasteiger partial charge in [0.25, 0.3) is 0 Å². The van der Waals surface area contributed by atoms with Gasteiger partial charge in [-0.2, -0.15) is 5.10 Å². The highest BCUT2D eigenvalue weighted by Crippen LogP contribution is 2.12. The molecule has 0 unspecified atom stereocenters. The number of nitrogens with one attached hydrogen (secondary N) is 2. The number of H-pyrrole nitrogens is 1. The average molecular weight is 262 g/mol. The van der Waals surface area contributed by atoms with E-state index in [9.17, 15) is 4.79 Å². The number of hydrogen-bond acceptors (Lipinski definition) is 4. The molecule has 2 N–H and O–H groups in total. The molecule has 7 nitrogen and oxygen atoms in total. The maximum absolute atomic E-state index is 11.9. The van der Waals surface area contributed by atoms with Crippen LogP contribution in [-0.4, -0.2) is 30.6 Å². The van der Waals surface area contributed by atoms with E-state index in [1.807, 2.05) is 13.8 Å². The highest BCUT2D eigenvalue weighted by molar-refractivity contribution is 5.76. The van der Waals surface area contributed by atoms with E-state index in [4.69, 9.17) is 0 Å². The molecule has 0 aromatic carbocycles. The van der Waals surface area contributed by atoms with Crippen LogP contribution in [-0.2, 0) is 11.3 Å². The highest BCUT2D eigenvalue weighted by Gasteiger charge is 2.15. The van der Waals surface area contributed by atoms with Crippen LogP contribution < -0.4 is 5.32 Å². The van der Waals surface area contributed by atoms with Crippen molar-refractivity contribution in [3.8, 4) is 0 Å². The fourth-order valence-corrected chi connectivity index (χ4v) is 1.80. The molecule has 0 saturated heterocycles. The number of rotatable bonds is 6. The minimum absolute atomic E-state index is 0.0172.